The van der Waals surface area contributed by atoms with Crippen LogP contribution in [0.25, 0.3) is 0 Å². The third-order valence-corrected chi connectivity index (χ3v) is 7.42. The van der Waals surface area contributed by atoms with Gasteiger partial charge in [0, 0.05) is 7.11 Å². The zero-order valence-electron chi connectivity index (χ0n) is 32.2. The van der Waals surface area contributed by atoms with Crippen LogP contribution in [0, 0.1) is 0 Å². The second kappa shape index (κ2) is 30.7. The van der Waals surface area contributed by atoms with Crippen molar-refractivity contribution < 1.29 is 66.4 Å². The summed E-state index contributed by atoms with van der Waals surface area (Å²) in [5, 5.41) is 0. The summed E-state index contributed by atoms with van der Waals surface area (Å²) >= 11 is 0. The minimum Gasteiger partial charge on any atom is -0.465 e. The summed E-state index contributed by atoms with van der Waals surface area (Å²) in [5.74, 6) is -1.94. The number of ether oxygens (including phenoxy) is 13. The molecule has 14 heteroatoms. The van der Waals surface area contributed by atoms with Gasteiger partial charge in [0.05, 0.1) is 132 Å². The third-order valence-electron chi connectivity index (χ3n) is 7.42. The predicted molar refractivity (Wildman–Crippen MR) is 202 cm³/mol. The normalized spacial score (nSPS) is 11.5. The fourth-order valence-electron chi connectivity index (χ4n) is 4.68. The molecular formula is C41H58O14. The molecule has 0 saturated heterocycles. The molecular weight excluding hydrogens is 716 g/mol. The van der Waals surface area contributed by atoms with Crippen LogP contribution in [0.1, 0.15) is 21.5 Å². The Morgan fingerprint density at radius 2 is 0.909 bits per heavy atom. The van der Waals surface area contributed by atoms with Crippen LogP contribution in [0.3, 0.4) is 0 Å². The van der Waals surface area contributed by atoms with Crippen LogP contribution < -0.4 is 4.74 Å². The Morgan fingerprint density at radius 3 is 1.38 bits per heavy atom. The van der Waals surface area contributed by atoms with Gasteiger partial charge in [-0.15, -0.1) is 0 Å². The molecule has 0 aliphatic rings. The Labute approximate surface area is 325 Å². The SMILES string of the molecule is COCCOCCOCC(OCCOCCOCCOCc1ccccc1)(OCCOCCOCCOCc1ccccc1)Oc1cccc(C(=O)OC)c1. The molecule has 14 nitrogen and oxygen atoms in total. The van der Waals surface area contributed by atoms with Crippen molar-refractivity contribution in [3.8, 4) is 5.75 Å². The molecule has 3 aromatic carbocycles. The van der Waals surface area contributed by atoms with E-state index in [2.05, 4.69) is 0 Å². The Balaban J connectivity index is 1.46. The highest BCUT2D eigenvalue weighted by molar-refractivity contribution is 5.89. The fraction of sp³-hybridized carbons (Fsp3) is 0.537. The van der Waals surface area contributed by atoms with E-state index in [1.807, 2.05) is 60.7 Å². The first-order valence-corrected chi connectivity index (χ1v) is 18.5. The smallest absolute Gasteiger partial charge is 0.352 e. The van der Waals surface area contributed by atoms with E-state index < -0.39 is 11.9 Å². The maximum atomic E-state index is 12.3. The first kappa shape index (κ1) is 45.9. The lowest BCUT2D eigenvalue weighted by Gasteiger charge is -2.33. The molecule has 0 aliphatic carbocycles. The molecule has 3 rings (SSSR count). The minimum atomic E-state index is -1.73. The maximum absolute atomic E-state index is 12.3. The number of hydrogen-bond donors (Lipinski definition) is 0. The number of esters is 1. The second-order valence-corrected chi connectivity index (χ2v) is 11.7. The number of benzene rings is 3. The van der Waals surface area contributed by atoms with E-state index in [0.717, 1.165) is 11.1 Å². The summed E-state index contributed by atoms with van der Waals surface area (Å²) in [5.41, 5.74) is 2.52. The Kier molecular flexibility index (Phi) is 25.6. The van der Waals surface area contributed by atoms with Gasteiger partial charge in [-0.2, -0.15) is 0 Å². The third kappa shape index (κ3) is 22.0. The van der Waals surface area contributed by atoms with Crippen LogP contribution in [0.4, 0.5) is 0 Å². The van der Waals surface area contributed by atoms with E-state index in [-0.39, 0.29) is 39.6 Å². The quantitative estimate of drug-likeness (QED) is 0.0463. The lowest BCUT2D eigenvalue weighted by molar-refractivity contribution is -0.364. The standard InChI is InChI=1S/C41H58O14/c1-43-16-17-45-24-27-52-35-41(55-39-15-9-14-38(32-39)40(42)44-2,53-30-28-48-20-18-46-22-25-50-33-36-10-5-3-6-11-36)54-31-29-49-21-19-47-23-26-51-34-37-12-7-4-8-13-37/h3-15,32H,16-31,33-35H2,1-2H3. The van der Waals surface area contributed by atoms with Crippen LogP contribution in [0.2, 0.25) is 0 Å². The van der Waals surface area contributed by atoms with Crippen molar-refractivity contribution >= 4 is 5.97 Å². The topological polar surface area (TPSA) is 137 Å². The van der Waals surface area contributed by atoms with Crippen LogP contribution in [0.15, 0.2) is 84.9 Å². The highest BCUT2D eigenvalue weighted by atomic mass is 16.9. The van der Waals surface area contributed by atoms with E-state index in [4.69, 9.17) is 61.6 Å². The molecule has 3 aromatic rings. The molecule has 0 fully saturated rings. The van der Waals surface area contributed by atoms with Gasteiger partial charge in [-0.05, 0) is 29.3 Å². The molecule has 0 N–H and O–H groups in total. The molecule has 0 unspecified atom stereocenters. The largest absolute Gasteiger partial charge is 0.465 e. The molecule has 306 valence electrons. The Bertz CT molecular complexity index is 1290. The zero-order valence-corrected chi connectivity index (χ0v) is 32.2. The fourth-order valence-corrected chi connectivity index (χ4v) is 4.68. The molecule has 0 saturated carbocycles. The molecule has 0 aromatic heterocycles. The molecule has 55 heavy (non-hydrogen) atoms. The van der Waals surface area contributed by atoms with Gasteiger partial charge < -0.3 is 61.6 Å². The summed E-state index contributed by atoms with van der Waals surface area (Å²) in [6.45, 7) is 6.32. The highest BCUT2D eigenvalue weighted by Crippen LogP contribution is 2.24. The molecule has 0 atom stereocenters. The molecule has 0 amide bonds. The maximum Gasteiger partial charge on any atom is 0.352 e. The van der Waals surface area contributed by atoms with Gasteiger partial charge in [-0.3, -0.25) is 0 Å². The summed E-state index contributed by atoms with van der Waals surface area (Å²) in [7, 11) is 2.92. The van der Waals surface area contributed by atoms with Gasteiger partial charge in [0.15, 0.2) is 0 Å². The first-order valence-electron chi connectivity index (χ1n) is 18.5. The van der Waals surface area contributed by atoms with Crippen molar-refractivity contribution in [2.75, 3.05) is 127 Å². The van der Waals surface area contributed by atoms with E-state index in [0.29, 0.717) is 97.2 Å². The van der Waals surface area contributed by atoms with E-state index in [9.17, 15) is 4.79 Å². The number of hydrogen-bond acceptors (Lipinski definition) is 14. The van der Waals surface area contributed by atoms with E-state index in [1.54, 1.807) is 25.3 Å². The van der Waals surface area contributed by atoms with Gasteiger partial charge in [0.25, 0.3) is 0 Å². The summed E-state index contributed by atoms with van der Waals surface area (Å²) in [6.07, 6.45) is 0. The van der Waals surface area contributed by atoms with E-state index in [1.165, 1.54) is 13.2 Å². The average Bonchev–Trinajstić information content (AvgIpc) is 3.22. The van der Waals surface area contributed by atoms with Gasteiger partial charge in [-0.1, -0.05) is 66.7 Å². The average molecular weight is 775 g/mol. The molecule has 0 bridgehead atoms. The Morgan fingerprint density at radius 1 is 0.473 bits per heavy atom. The van der Waals surface area contributed by atoms with Crippen molar-refractivity contribution in [1.82, 2.24) is 0 Å². The van der Waals surface area contributed by atoms with Crippen molar-refractivity contribution in [3.05, 3.63) is 102 Å². The van der Waals surface area contributed by atoms with Crippen molar-refractivity contribution in [1.29, 1.82) is 0 Å². The van der Waals surface area contributed by atoms with Gasteiger partial charge >= 0.3 is 11.9 Å². The summed E-state index contributed by atoms with van der Waals surface area (Å²) < 4.78 is 74.1. The highest BCUT2D eigenvalue weighted by Gasteiger charge is 2.36. The van der Waals surface area contributed by atoms with Gasteiger partial charge in [0.2, 0.25) is 0 Å². The van der Waals surface area contributed by atoms with Crippen LogP contribution in [0.5, 0.6) is 5.75 Å². The second-order valence-electron chi connectivity index (χ2n) is 11.7. The molecule has 0 radical (unpaired) electrons. The molecule has 0 aliphatic heterocycles. The number of rotatable bonds is 35. The predicted octanol–water partition coefficient (Wildman–Crippen LogP) is 4.72. The number of carbonyl (C=O) groups is 1. The number of methoxy groups -OCH3 is 2. The van der Waals surface area contributed by atoms with Crippen LogP contribution >= 0.6 is 0 Å². The van der Waals surface area contributed by atoms with E-state index >= 15 is 0 Å². The van der Waals surface area contributed by atoms with Crippen molar-refractivity contribution in [2.45, 2.75) is 19.2 Å². The summed E-state index contributed by atoms with van der Waals surface area (Å²) in [6, 6.07) is 26.4. The zero-order chi connectivity index (χ0) is 38.9. The van der Waals surface area contributed by atoms with Crippen molar-refractivity contribution in [3.63, 3.8) is 0 Å². The molecule has 0 spiro atoms. The number of carbonyl (C=O) groups excluding carboxylic acids is 1. The van der Waals surface area contributed by atoms with Gasteiger partial charge in [-0.25, -0.2) is 4.79 Å². The summed E-state index contributed by atoms with van der Waals surface area (Å²) in [4.78, 5) is 12.3. The lowest BCUT2D eigenvalue weighted by Crippen LogP contribution is -2.48. The lowest BCUT2D eigenvalue weighted by atomic mass is 10.2. The van der Waals surface area contributed by atoms with Crippen molar-refractivity contribution in [2.24, 2.45) is 0 Å². The van der Waals surface area contributed by atoms with Crippen LogP contribution in [-0.2, 0) is 70.1 Å². The van der Waals surface area contributed by atoms with Crippen LogP contribution in [-0.4, -0.2) is 138 Å². The Hall–Kier alpha value is -3.51. The monoisotopic (exact) mass is 774 g/mol. The van der Waals surface area contributed by atoms with Gasteiger partial charge in [0.1, 0.15) is 12.4 Å². The molecule has 0 heterocycles. The minimum absolute atomic E-state index is 0.0889. The first-order chi connectivity index (χ1) is 27.1.